The minimum Gasteiger partial charge on any atom is -0.311 e. The van der Waals surface area contributed by atoms with Gasteiger partial charge in [-0.15, -0.1) is 0 Å². The van der Waals surface area contributed by atoms with E-state index in [1.807, 2.05) is 36.4 Å². The Morgan fingerprint density at radius 3 is 0.956 bits per heavy atom. The molecule has 2 nitrogen and oxygen atoms in total. The summed E-state index contributed by atoms with van der Waals surface area (Å²) in [6.07, 6.45) is -9.74. The zero-order valence-electron chi connectivity index (χ0n) is 61.8. The molecule has 0 fully saturated rings. The van der Waals surface area contributed by atoms with Gasteiger partial charge >= 0.3 is 12.4 Å². The van der Waals surface area contributed by atoms with Gasteiger partial charge in [0.25, 0.3) is 0 Å². The minimum atomic E-state index is -4.92. The molecule has 0 atom stereocenters. The molecule has 4 aliphatic heterocycles. The summed E-state index contributed by atoms with van der Waals surface area (Å²) in [7, 11) is 0. The quantitative estimate of drug-likeness (QED) is 0.0765. The third-order valence-corrected chi connectivity index (χ3v) is 24.3. The predicted molar refractivity (Wildman–Crippen MR) is 463 cm³/mol. The van der Waals surface area contributed by atoms with Crippen molar-refractivity contribution in [1.82, 2.24) is 0 Å². The molecule has 0 aliphatic carbocycles. The van der Waals surface area contributed by atoms with Crippen molar-refractivity contribution in [3.63, 3.8) is 0 Å². The Morgan fingerprint density at radius 1 is 0.228 bits per heavy atom. The first-order chi connectivity index (χ1) is 55.7. The van der Waals surface area contributed by atoms with Gasteiger partial charge in [0.05, 0.1) is 11.1 Å². The summed E-state index contributed by atoms with van der Waals surface area (Å²) in [6.45, 7) is 3.04. The lowest BCUT2D eigenvalue weighted by Gasteiger charge is -2.43. The van der Waals surface area contributed by atoms with Crippen LogP contribution in [0.25, 0.3) is 144 Å². The third-order valence-electron chi connectivity index (χ3n) is 24.3. The van der Waals surface area contributed by atoms with Crippen LogP contribution in [0.4, 0.5) is 60.5 Å². The number of aryl methyl sites for hydroxylation is 2. The second-order valence-electron chi connectivity index (χ2n) is 30.8. The zero-order chi connectivity index (χ0) is 76.6. The Balaban J connectivity index is 1.01. The van der Waals surface area contributed by atoms with Gasteiger partial charge in [0.2, 0.25) is 13.4 Å². The van der Waals surface area contributed by atoms with Crippen LogP contribution in [0.3, 0.4) is 0 Å². The van der Waals surface area contributed by atoms with Gasteiger partial charge in [-0.1, -0.05) is 272 Å². The van der Waals surface area contributed by atoms with Gasteiger partial charge in [-0.2, -0.15) is 26.3 Å². The molecule has 18 aromatic rings. The minimum absolute atomic E-state index is 0.138. The largest absolute Gasteiger partial charge is 0.416 e. The molecule has 22 rings (SSSR count). The summed E-state index contributed by atoms with van der Waals surface area (Å²) >= 11 is 0. The first kappa shape index (κ1) is 67.2. The summed E-state index contributed by atoms with van der Waals surface area (Å²) in [5, 5.41) is 5.29. The van der Waals surface area contributed by atoms with Crippen molar-refractivity contribution < 1.29 is 26.3 Å². The van der Waals surface area contributed by atoms with E-state index in [4.69, 9.17) is 0 Å². The number of hydrogen-bond donors (Lipinski definition) is 0. The number of benzene rings is 18. The third kappa shape index (κ3) is 10.3. The number of fused-ring (bicyclic) bond motifs is 8. The van der Waals surface area contributed by atoms with Gasteiger partial charge in [-0.3, -0.25) is 0 Å². The number of anilines is 6. The highest BCUT2D eigenvalue weighted by Crippen LogP contribution is 2.58. The highest BCUT2D eigenvalue weighted by atomic mass is 19.4. The van der Waals surface area contributed by atoms with E-state index >= 15 is 26.3 Å². The molecule has 0 saturated heterocycles. The summed E-state index contributed by atoms with van der Waals surface area (Å²) in [5.74, 6) is 0. The summed E-state index contributed by atoms with van der Waals surface area (Å²) in [4.78, 5) is 4.08. The van der Waals surface area contributed by atoms with Crippen molar-refractivity contribution in [2.24, 2.45) is 0 Å². The van der Waals surface area contributed by atoms with Crippen LogP contribution in [0.1, 0.15) is 22.3 Å². The van der Waals surface area contributed by atoms with Crippen LogP contribution in [0.5, 0.6) is 0 Å². The number of alkyl halides is 6. The van der Waals surface area contributed by atoms with Gasteiger partial charge in [-0.05, 0) is 281 Å². The lowest BCUT2D eigenvalue weighted by atomic mass is 9.31. The molecule has 10 heteroatoms. The molecule has 0 amide bonds. The fourth-order valence-electron chi connectivity index (χ4n) is 19.6. The Morgan fingerprint density at radius 2 is 0.561 bits per heavy atom. The predicted octanol–water partition coefficient (Wildman–Crippen LogP) is 25.1. The molecule has 0 radical (unpaired) electrons. The molecular weight excluding hydrogens is 1410 g/mol. The molecule has 0 N–H and O–H groups in total. The van der Waals surface area contributed by atoms with Gasteiger partial charge in [0.15, 0.2) is 0 Å². The molecule has 0 saturated carbocycles. The topological polar surface area (TPSA) is 6.48 Å². The molecule has 4 heterocycles. The van der Waals surface area contributed by atoms with Crippen LogP contribution in [0.15, 0.2) is 352 Å². The zero-order valence-corrected chi connectivity index (χ0v) is 61.8. The van der Waals surface area contributed by atoms with Gasteiger partial charge < -0.3 is 9.80 Å². The van der Waals surface area contributed by atoms with E-state index < -0.39 is 30.2 Å². The molecule has 0 spiro atoms. The van der Waals surface area contributed by atoms with Gasteiger partial charge in [-0.25, -0.2) is 0 Å². The molecular formula is C104H64B2F6N2. The summed E-state index contributed by atoms with van der Waals surface area (Å²) in [5.41, 5.74) is 27.5. The maximum absolute atomic E-state index is 16.9. The average Bonchev–Trinajstić information content (AvgIpc) is 0.661. The number of hydrogen-bond acceptors (Lipinski definition) is 2. The second-order valence-corrected chi connectivity index (χ2v) is 30.8. The van der Waals surface area contributed by atoms with E-state index in [1.165, 1.54) is 12.1 Å². The van der Waals surface area contributed by atoms with Crippen LogP contribution in [-0.2, 0) is 12.4 Å². The monoisotopic (exact) mass is 1480 g/mol. The Bertz CT molecular complexity index is 6880. The lowest BCUT2D eigenvalue weighted by molar-refractivity contribution is -0.138. The maximum atomic E-state index is 16.9. The van der Waals surface area contributed by atoms with Gasteiger partial charge in [0, 0.05) is 34.1 Å². The van der Waals surface area contributed by atoms with Crippen LogP contribution >= 0.6 is 0 Å². The number of para-hydroxylation sites is 2. The van der Waals surface area contributed by atoms with E-state index in [1.54, 1.807) is 41.3 Å². The highest BCUT2D eigenvalue weighted by molar-refractivity contribution is 7.02. The fourth-order valence-corrected chi connectivity index (χ4v) is 19.6. The van der Waals surface area contributed by atoms with Crippen molar-refractivity contribution in [1.29, 1.82) is 0 Å². The van der Waals surface area contributed by atoms with Crippen molar-refractivity contribution in [2.75, 3.05) is 9.80 Å². The Kier molecular flexibility index (Phi) is 15.0. The van der Waals surface area contributed by atoms with Crippen LogP contribution in [-0.4, -0.2) is 13.4 Å². The molecule has 0 unspecified atom stereocenters. The van der Waals surface area contributed by atoms with Crippen molar-refractivity contribution in [2.45, 2.75) is 26.2 Å². The molecule has 0 aromatic heterocycles. The van der Waals surface area contributed by atoms with Crippen molar-refractivity contribution >= 4 is 113 Å². The Hall–Kier alpha value is -13.7. The number of nitrogens with zero attached hydrogens (tertiary/aromatic N) is 2. The van der Waals surface area contributed by atoms with E-state index in [0.29, 0.717) is 27.7 Å². The summed E-state index contributed by atoms with van der Waals surface area (Å²) < 4.78 is 98.0. The standard InChI is InChI=1S/C104H64B2F6N2/c1-61-43-45-87-91(48-61)113(73-39-23-9-24-40-73)93-49-62(2)47-85-81-57-79(95-75(65-31-15-5-16-32-65)50-69(63-27-11-3-12-28-63)51-76(95)66-33-17-6-18-34-66)83-60-90-98-82(86-54-72(104(110,111)112)56-94-102(86)106(90)88-46-44-71(103(107,108)109)55-92(88)114(94)74-41-25-10-26-42-74)58-80(84-59-89(105(87)101(85)93)97(81)99(83)100(84)98)96-77(67-35-19-7-20-36-67)52-70(64-29-13-4-14-30-64)53-78(96)68-37-21-8-22-38-68/h3-60H,1-2H3. The molecule has 114 heavy (non-hydrogen) atoms. The fraction of sp³-hybridized carbons (Fsp3) is 0.0385. The van der Waals surface area contributed by atoms with E-state index in [-0.39, 0.29) is 18.1 Å². The second kappa shape index (κ2) is 25.4. The maximum Gasteiger partial charge on any atom is 0.416 e. The van der Waals surface area contributed by atoms with E-state index in [0.717, 1.165) is 195 Å². The van der Waals surface area contributed by atoms with Crippen LogP contribution in [0, 0.1) is 13.8 Å². The molecule has 538 valence electrons. The van der Waals surface area contributed by atoms with Crippen molar-refractivity contribution in [3.8, 4) is 111 Å². The van der Waals surface area contributed by atoms with Crippen LogP contribution in [0.2, 0.25) is 0 Å². The summed E-state index contributed by atoms with van der Waals surface area (Å²) in [6, 6.07) is 119. The lowest BCUT2D eigenvalue weighted by Crippen LogP contribution is -2.60. The van der Waals surface area contributed by atoms with Crippen LogP contribution < -0.4 is 42.6 Å². The Labute approximate surface area is 656 Å². The first-order valence-corrected chi connectivity index (χ1v) is 38.6. The van der Waals surface area contributed by atoms with E-state index in [9.17, 15) is 0 Å². The molecule has 18 aromatic carbocycles. The van der Waals surface area contributed by atoms with Crippen molar-refractivity contribution in [3.05, 3.63) is 374 Å². The smallest absolute Gasteiger partial charge is 0.311 e. The normalized spacial score (nSPS) is 13.0. The number of halogens is 6. The molecule has 0 bridgehead atoms. The molecule has 4 aliphatic rings. The van der Waals surface area contributed by atoms with Gasteiger partial charge in [0.1, 0.15) is 0 Å². The van der Waals surface area contributed by atoms with E-state index in [2.05, 4.69) is 274 Å². The first-order valence-electron chi connectivity index (χ1n) is 38.6. The average molecular weight is 1480 g/mol. The highest BCUT2D eigenvalue weighted by Gasteiger charge is 2.48. The number of rotatable bonds is 10. The SMILES string of the molecule is Cc1ccc2c(c1)N(c1ccccc1)c1cc(C)cc3c1B2c1cc2c(-c4c(-c5ccccc5)cc(-c5ccccc5)cc4-c4ccccc4)cc4c5c(cc6c(-c7c(-c8ccccc8)cc(-c8ccccc8)cc7-c7ccccc7)cc-3c1c6c25)B1c2ccc(C(F)(F)F)cc2N(c2ccccc2)c2cc(C(F)(F)F)cc-4c21.